The van der Waals surface area contributed by atoms with E-state index in [1.54, 1.807) is 18.2 Å². The Morgan fingerprint density at radius 3 is 2.82 bits per heavy atom. The van der Waals surface area contributed by atoms with Crippen LogP contribution >= 0.6 is 15.9 Å². The number of carboxylic acids is 1. The number of carboxylic acid groups (broad SMARTS) is 1. The first-order chi connectivity index (χ1) is 8.08. The quantitative estimate of drug-likeness (QED) is 0.915. The Morgan fingerprint density at radius 2 is 2.18 bits per heavy atom. The molecular formula is C11H8BrFN2O2. The summed E-state index contributed by atoms with van der Waals surface area (Å²) in [4.78, 5) is 17.4. The molecule has 0 fully saturated rings. The molecule has 0 saturated heterocycles. The molecule has 1 heterocycles. The summed E-state index contributed by atoms with van der Waals surface area (Å²) in [6.07, 6.45) is -0.192. The monoisotopic (exact) mass is 298 g/mol. The van der Waals surface area contributed by atoms with Gasteiger partial charge >= 0.3 is 5.97 Å². The molecule has 0 amide bonds. The van der Waals surface area contributed by atoms with Crippen molar-refractivity contribution in [3.63, 3.8) is 0 Å². The van der Waals surface area contributed by atoms with E-state index >= 15 is 0 Å². The molecule has 2 aromatic rings. The molecular weight excluding hydrogens is 291 g/mol. The minimum atomic E-state index is -0.977. The molecule has 17 heavy (non-hydrogen) atoms. The van der Waals surface area contributed by atoms with Crippen molar-refractivity contribution in [3.8, 4) is 11.4 Å². The van der Waals surface area contributed by atoms with Crippen LogP contribution in [0.15, 0.2) is 28.9 Å². The summed E-state index contributed by atoms with van der Waals surface area (Å²) in [6, 6.07) is 6.16. The number of aromatic amines is 1. The van der Waals surface area contributed by atoms with Crippen LogP contribution < -0.4 is 0 Å². The van der Waals surface area contributed by atoms with Crippen LogP contribution in [0.25, 0.3) is 11.4 Å². The number of carbonyl (C=O) groups is 1. The maximum atomic E-state index is 13.5. The number of imidazole rings is 1. The van der Waals surface area contributed by atoms with Gasteiger partial charge in [0, 0.05) is 0 Å². The standard InChI is InChI=1S/C11H8BrFN2O2/c12-10-8(5-9(16)17)14-11(15-10)6-3-1-2-4-7(6)13/h1-4H,5H2,(H,14,15)(H,16,17). The molecule has 88 valence electrons. The number of H-pyrrole nitrogens is 1. The van der Waals surface area contributed by atoms with Gasteiger partial charge in [-0.2, -0.15) is 0 Å². The maximum Gasteiger partial charge on any atom is 0.309 e. The van der Waals surface area contributed by atoms with Gasteiger partial charge in [0.2, 0.25) is 0 Å². The molecule has 4 nitrogen and oxygen atoms in total. The van der Waals surface area contributed by atoms with Gasteiger partial charge in [0.05, 0.1) is 17.7 Å². The van der Waals surface area contributed by atoms with E-state index in [4.69, 9.17) is 5.11 Å². The number of halogens is 2. The lowest BCUT2D eigenvalue weighted by Gasteiger charge is -1.97. The first-order valence-corrected chi connectivity index (χ1v) is 5.58. The molecule has 0 radical (unpaired) electrons. The number of benzene rings is 1. The van der Waals surface area contributed by atoms with Gasteiger partial charge < -0.3 is 10.1 Å². The van der Waals surface area contributed by atoms with Crippen LogP contribution in [-0.4, -0.2) is 21.0 Å². The zero-order valence-corrected chi connectivity index (χ0v) is 10.2. The van der Waals surface area contributed by atoms with Crippen LogP contribution in [0.1, 0.15) is 5.69 Å². The van der Waals surface area contributed by atoms with E-state index in [0.717, 1.165) is 0 Å². The second kappa shape index (κ2) is 4.67. The summed E-state index contributed by atoms with van der Waals surface area (Å²) >= 11 is 3.14. The van der Waals surface area contributed by atoms with E-state index in [9.17, 15) is 9.18 Å². The number of rotatable bonds is 3. The third-order valence-electron chi connectivity index (χ3n) is 2.19. The van der Waals surface area contributed by atoms with Crippen molar-refractivity contribution in [1.82, 2.24) is 9.97 Å². The molecule has 0 spiro atoms. The fourth-order valence-electron chi connectivity index (χ4n) is 1.44. The number of hydrogen-bond donors (Lipinski definition) is 2. The highest BCUT2D eigenvalue weighted by Crippen LogP contribution is 2.24. The lowest BCUT2D eigenvalue weighted by molar-refractivity contribution is -0.136. The lowest BCUT2D eigenvalue weighted by Crippen LogP contribution is -2.00. The molecule has 1 aromatic carbocycles. The van der Waals surface area contributed by atoms with Crippen LogP contribution in [-0.2, 0) is 11.2 Å². The van der Waals surface area contributed by atoms with Crippen LogP contribution in [0.4, 0.5) is 4.39 Å². The highest BCUT2D eigenvalue weighted by atomic mass is 79.9. The highest BCUT2D eigenvalue weighted by Gasteiger charge is 2.14. The van der Waals surface area contributed by atoms with Gasteiger partial charge in [0.15, 0.2) is 0 Å². The summed E-state index contributed by atoms with van der Waals surface area (Å²) < 4.78 is 13.9. The number of nitrogens with zero attached hydrogens (tertiary/aromatic N) is 1. The Hall–Kier alpha value is -1.69. The van der Waals surface area contributed by atoms with Gasteiger partial charge in [-0.25, -0.2) is 9.37 Å². The van der Waals surface area contributed by atoms with E-state index in [0.29, 0.717) is 21.7 Å². The van der Waals surface area contributed by atoms with Gasteiger partial charge in [0.1, 0.15) is 16.2 Å². The molecule has 0 saturated carbocycles. The Bertz CT molecular complexity index is 568. The zero-order valence-electron chi connectivity index (χ0n) is 8.58. The first kappa shape index (κ1) is 11.8. The molecule has 6 heteroatoms. The molecule has 0 aliphatic carbocycles. The van der Waals surface area contributed by atoms with Crippen molar-refractivity contribution < 1.29 is 14.3 Å². The predicted octanol–water partition coefficient (Wildman–Crippen LogP) is 2.61. The minimum absolute atomic E-state index is 0.192. The molecule has 2 N–H and O–H groups in total. The van der Waals surface area contributed by atoms with Crippen molar-refractivity contribution in [2.45, 2.75) is 6.42 Å². The SMILES string of the molecule is O=C(O)Cc1[nH]c(-c2ccccc2F)nc1Br. The van der Waals surface area contributed by atoms with Crippen molar-refractivity contribution in [2.75, 3.05) is 0 Å². The molecule has 0 aliphatic rings. The first-order valence-electron chi connectivity index (χ1n) is 4.79. The molecule has 0 bridgehead atoms. The van der Waals surface area contributed by atoms with Crippen LogP contribution in [0.5, 0.6) is 0 Å². The second-order valence-corrected chi connectivity index (χ2v) is 4.16. The van der Waals surface area contributed by atoms with E-state index in [1.165, 1.54) is 6.07 Å². The minimum Gasteiger partial charge on any atom is -0.481 e. The Balaban J connectivity index is 2.41. The largest absolute Gasteiger partial charge is 0.481 e. The van der Waals surface area contributed by atoms with Crippen molar-refractivity contribution in [2.24, 2.45) is 0 Å². The fourth-order valence-corrected chi connectivity index (χ4v) is 1.85. The molecule has 0 atom stereocenters. The zero-order chi connectivity index (χ0) is 12.4. The summed E-state index contributed by atoms with van der Waals surface area (Å²) in [7, 11) is 0. The molecule has 0 unspecified atom stereocenters. The number of aliphatic carboxylic acids is 1. The van der Waals surface area contributed by atoms with E-state index in [-0.39, 0.29) is 6.42 Å². The van der Waals surface area contributed by atoms with Gasteiger partial charge in [-0.1, -0.05) is 12.1 Å². The fraction of sp³-hybridized carbons (Fsp3) is 0.0909. The van der Waals surface area contributed by atoms with Crippen LogP contribution in [0, 0.1) is 5.82 Å². The van der Waals surface area contributed by atoms with Gasteiger partial charge in [-0.15, -0.1) is 0 Å². The summed E-state index contributed by atoms with van der Waals surface area (Å²) in [5, 5.41) is 8.68. The second-order valence-electron chi connectivity index (χ2n) is 3.41. The lowest BCUT2D eigenvalue weighted by atomic mass is 10.2. The average Bonchev–Trinajstić information content (AvgIpc) is 2.60. The predicted molar refractivity (Wildman–Crippen MR) is 63.0 cm³/mol. The topological polar surface area (TPSA) is 66.0 Å². The van der Waals surface area contributed by atoms with E-state index in [1.807, 2.05) is 0 Å². The van der Waals surface area contributed by atoms with Crippen molar-refractivity contribution in [1.29, 1.82) is 0 Å². The number of aromatic nitrogens is 2. The normalized spacial score (nSPS) is 10.5. The molecule has 2 rings (SSSR count). The van der Waals surface area contributed by atoms with Crippen LogP contribution in [0.2, 0.25) is 0 Å². The highest BCUT2D eigenvalue weighted by molar-refractivity contribution is 9.10. The summed E-state index contributed by atoms with van der Waals surface area (Å²) in [5.41, 5.74) is 0.723. The Labute approximate surface area is 105 Å². The number of hydrogen-bond acceptors (Lipinski definition) is 2. The molecule has 0 aliphatic heterocycles. The van der Waals surface area contributed by atoms with E-state index < -0.39 is 11.8 Å². The number of nitrogens with one attached hydrogen (secondary N) is 1. The summed E-state index contributed by atoms with van der Waals surface area (Å²) in [6.45, 7) is 0. The Morgan fingerprint density at radius 1 is 1.47 bits per heavy atom. The van der Waals surface area contributed by atoms with Gasteiger partial charge in [-0.05, 0) is 28.1 Å². The molecule has 1 aromatic heterocycles. The third kappa shape index (κ3) is 2.52. The van der Waals surface area contributed by atoms with E-state index in [2.05, 4.69) is 25.9 Å². The Kier molecular flexibility index (Phi) is 3.23. The van der Waals surface area contributed by atoms with Crippen molar-refractivity contribution >= 4 is 21.9 Å². The van der Waals surface area contributed by atoms with Crippen molar-refractivity contribution in [3.05, 3.63) is 40.4 Å². The summed E-state index contributed by atoms with van der Waals surface area (Å²) in [5.74, 6) is -1.07. The van der Waals surface area contributed by atoms with Crippen LogP contribution in [0.3, 0.4) is 0 Å². The third-order valence-corrected chi connectivity index (χ3v) is 2.84. The average molecular weight is 299 g/mol. The smallest absolute Gasteiger partial charge is 0.309 e. The maximum absolute atomic E-state index is 13.5. The van der Waals surface area contributed by atoms with Gasteiger partial charge in [-0.3, -0.25) is 4.79 Å². The van der Waals surface area contributed by atoms with Gasteiger partial charge in [0.25, 0.3) is 0 Å².